The van der Waals surface area contributed by atoms with Crippen molar-refractivity contribution in [2.75, 3.05) is 7.11 Å². The lowest BCUT2D eigenvalue weighted by molar-refractivity contribution is -0.145. The average Bonchev–Trinajstić information content (AvgIpc) is 2.35. The summed E-state index contributed by atoms with van der Waals surface area (Å²) in [5.41, 5.74) is 0.484. The molecule has 7 heteroatoms. The molecule has 3 N–H and O–H groups in total. The minimum atomic E-state index is -2.14. The molecular formula is C12H10N2O5. The number of benzene rings is 1. The monoisotopic (exact) mass is 262 g/mol. The Bertz CT molecular complexity index is 625. The van der Waals surface area contributed by atoms with Gasteiger partial charge in [-0.15, -0.1) is 0 Å². The minimum Gasteiger partial charge on any atom is -0.497 e. The van der Waals surface area contributed by atoms with Crippen LogP contribution in [0.15, 0.2) is 23.8 Å². The molecule has 1 saturated heterocycles. The van der Waals surface area contributed by atoms with Crippen LogP contribution in [-0.4, -0.2) is 30.1 Å². The van der Waals surface area contributed by atoms with E-state index < -0.39 is 17.8 Å². The van der Waals surface area contributed by atoms with E-state index in [1.165, 1.54) is 13.2 Å². The topological polar surface area (TPSA) is 96.9 Å². The molecule has 2 aliphatic heterocycles. The summed E-state index contributed by atoms with van der Waals surface area (Å²) >= 11 is 0. The molecule has 98 valence electrons. The number of hydrogen-bond acceptors (Lipinski definition) is 5. The van der Waals surface area contributed by atoms with Gasteiger partial charge in [-0.25, -0.2) is 4.79 Å². The van der Waals surface area contributed by atoms with Crippen molar-refractivity contribution in [1.29, 1.82) is 0 Å². The first kappa shape index (κ1) is 11.5. The molecule has 19 heavy (non-hydrogen) atoms. The molecule has 7 nitrogen and oxygen atoms in total. The SMILES string of the molecule is COc1ccc2c(c1)C=C1C(=O)NC(=O)NC1(O)O2. The first-order valence-corrected chi connectivity index (χ1v) is 5.47. The number of rotatable bonds is 1. The van der Waals surface area contributed by atoms with E-state index in [9.17, 15) is 14.7 Å². The van der Waals surface area contributed by atoms with Gasteiger partial charge in [0.15, 0.2) is 0 Å². The van der Waals surface area contributed by atoms with Gasteiger partial charge in [-0.1, -0.05) is 0 Å². The quantitative estimate of drug-likeness (QED) is 0.659. The minimum absolute atomic E-state index is 0.0900. The van der Waals surface area contributed by atoms with Gasteiger partial charge in [-0.2, -0.15) is 0 Å². The summed E-state index contributed by atoms with van der Waals surface area (Å²) in [4.78, 5) is 22.9. The van der Waals surface area contributed by atoms with E-state index in [2.05, 4.69) is 5.32 Å². The number of amides is 3. The summed E-state index contributed by atoms with van der Waals surface area (Å²) in [6, 6.07) is 4.07. The number of imide groups is 1. The normalized spacial score (nSPS) is 24.2. The number of methoxy groups -OCH3 is 1. The largest absolute Gasteiger partial charge is 0.497 e. The number of aliphatic hydroxyl groups is 1. The van der Waals surface area contributed by atoms with E-state index in [0.717, 1.165) is 0 Å². The third kappa shape index (κ3) is 1.71. The van der Waals surface area contributed by atoms with Crippen LogP contribution in [0.2, 0.25) is 0 Å². The van der Waals surface area contributed by atoms with Gasteiger partial charge in [0.05, 0.1) is 7.11 Å². The number of hydrogen-bond donors (Lipinski definition) is 3. The lowest BCUT2D eigenvalue weighted by Gasteiger charge is -2.37. The van der Waals surface area contributed by atoms with Crippen LogP contribution in [0.5, 0.6) is 11.5 Å². The Balaban J connectivity index is 2.11. The molecule has 1 aromatic rings. The highest BCUT2D eigenvalue weighted by Crippen LogP contribution is 2.36. The van der Waals surface area contributed by atoms with Crippen LogP contribution in [-0.2, 0) is 4.79 Å². The maximum absolute atomic E-state index is 11.7. The Morgan fingerprint density at radius 3 is 2.89 bits per heavy atom. The number of urea groups is 1. The van der Waals surface area contributed by atoms with Crippen molar-refractivity contribution in [3.63, 3.8) is 0 Å². The van der Waals surface area contributed by atoms with Crippen molar-refractivity contribution >= 4 is 18.0 Å². The predicted octanol–water partition coefficient (Wildman–Crippen LogP) is -0.0435. The van der Waals surface area contributed by atoms with Crippen LogP contribution in [0.1, 0.15) is 5.56 Å². The zero-order chi connectivity index (χ0) is 13.6. The Morgan fingerprint density at radius 2 is 2.16 bits per heavy atom. The van der Waals surface area contributed by atoms with Crippen LogP contribution >= 0.6 is 0 Å². The van der Waals surface area contributed by atoms with E-state index in [-0.39, 0.29) is 5.57 Å². The standard InChI is InChI=1S/C12H10N2O5/c1-18-7-2-3-9-6(4-7)5-8-10(15)13-11(16)14-12(8,17)19-9/h2-5,17H,1H3,(H2,13,14,15,16). The van der Waals surface area contributed by atoms with Gasteiger partial charge in [0.25, 0.3) is 5.91 Å². The summed E-state index contributed by atoms with van der Waals surface area (Å²) in [5, 5.41) is 14.4. The van der Waals surface area contributed by atoms with Gasteiger partial charge >= 0.3 is 11.9 Å². The summed E-state index contributed by atoms with van der Waals surface area (Å²) in [7, 11) is 1.52. The maximum Gasteiger partial charge on any atom is 0.327 e. The molecule has 0 bridgehead atoms. The fourth-order valence-electron chi connectivity index (χ4n) is 1.99. The smallest absolute Gasteiger partial charge is 0.327 e. The maximum atomic E-state index is 11.7. The molecular weight excluding hydrogens is 252 g/mol. The molecule has 1 unspecified atom stereocenters. The number of carbonyl (C=O) groups is 2. The average molecular weight is 262 g/mol. The van der Waals surface area contributed by atoms with E-state index in [4.69, 9.17) is 9.47 Å². The second-order valence-corrected chi connectivity index (χ2v) is 4.12. The molecule has 0 saturated carbocycles. The summed E-state index contributed by atoms with van der Waals surface area (Å²) in [6.07, 6.45) is 1.44. The van der Waals surface area contributed by atoms with Gasteiger partial charge in [-0.05, 0) is 24.3 Å². The van der Waals surface area contributed by atoms with Crippen molar-refractivity contribution < 1.29 is 24.2 Å². The zero-order valence-corrected chi connectivity index (χ0v) is 9.89. The molecule has 1 atom stereocenters. The predicted molar refractivity (Wildman–Crippen MR) is 63.2 cm³/mol. The van der Waals surface area contributed by atoms with Crippen LogP contribution in [0.4, 0.5) is 4.79 Å². The van der Waals surface area contributed by atoms with Gasteiger partial charge < -0.3 is 14.6 Å². The van der Waals surface area contributed by atoms with Gasteiger partial charge in [0.1, 0.15) is 17.1 Å². The van der Waals surface area contributed by atoms with Gasteiger partial charge in [-0.3, -0.25) is 15.4 Å². The highest BCUT2D eigenvalue weighted by Gasteiger charge is 2.47. The fraction of sp³-hybridized carbons (Fsp3) is 0.167. The second-order valence-electron chi connectivity index (χ2n) is 4.12. The number of ether oxygens (including phenoxy) is 2. The Morgan fingerprint density at radius 1 is 1.37 bits per heavy atom. The molecule has 0 aromatic heterocycles. The molecule has 1 fully saturated rings. The zero-order valence-electron chi connectivity index (χ0n) is 9.89. The van der Waals surface area contributed by atoms with Crippen molar-refractivity contribution in [3.8, 4) is 11.5 Å². The number of carbonyl (C=O) groups excluding carboxylic acids is 2. The van der Waals surface area contributed by atoms with Crippen LogP contribution in [0, 0.1) is 0 Å². The van der Waals surface area contributed by atoms with Crippen LogP contribution in [0.25, 0.3) is 6.08 Å². The molecule has 0 spiro atoms. The first-order valence-electron chi connectivity index (χ1n) is 5.47. The molecule has 2 aliphatic rings. The molecule has 2 heterocycles. The second kappa shape index (κ2) is 3.72. The first-order chi connectivity index (χ1) is 9.01. The number of nitrogens with one attached hydrogen (secondary N) is 2. The Kier molecular flexibility index (Phi) is 2.26. The van der Waals surface area contributed by atoms with Crippen molar-refractivity contribution in [1.82, 2.24) is 10.6 Å². The summed E-state index contributed by atoms with van der Waals surface area (Å²) < 4.78 is 10.4. The third-order valence-electron chi connectivity index (χ3n) is 2.89. The molecule has 3 amide bonds. The van der Waals surface area contributed by atoms with Crippen LogP contribution in [0.3, 0.4) is 0 Å². The summed E-state index contributed by atoms with van der Waals surface area (Å²) in [5.74, 6) is -1.92. The van der Waals surface area contributed by atoms with Gasteiger partial charge in [0.2, 0.25) is 0 Å². The highest BCUT2D eigenvalue weighted by molar-refractivity contribution is 6.11. The molecule has 1 aromatic carbocycles. The lowest BCUT2D eigenvalue weighted by Crippen LogP contribution is -2.65. The van der Waals surface area contributed by atoms with Crippen molar-refractivity contribution in [2.24, 2.45) is 0 Å². The summed E-state index contributed by atoms with van der Waals surface area (Å²) in [6.45, 7) is 0. The fourth-order valence-corrected chi connectivity index (χ4v) is 1.99. The van der Waals surface area contributed by atoms with Gasteiger partial charge in [0, 0.05) is 5.56 Å². The number of fused-ring (bicyclic) bond motifs is 2. The highest BCUT2D eigenvalue weighted by atomic mass is 16.6. The van der Waals surface area contributed by atoms with Crippen molar-refractivity contribution in [3.05, 3.63) is 29.3 Å². The van der Waals surface area contributed by atoms with E-state index in [0.29, 0.717) is 17.1 Å². The third-order valence-corrected chi connectivity index (χ3v) is 2.89. The van der Waals surface area contributed by atoms with E-state index in [1.807, 2.05) is 5.32 Å². The molecule has 0 aliphatic carbocycles. The Labute approximate surface area is 107 Å². The van der Waals surface area contributed by atoms with Crippen LogP contribution < -0.4 is 20.1 Å². The lowest BCUT2D eigenvalue weighted by atomic mass is 10.0. The van der Waals surface area contributed by atoms with E-state index >= 15 is 0 Å². The molecule has 0 radical (unpaired) electrons. The van der Waals surface area contributed by atoms with E-state index in [1.54, 1.807) is 18.2 Å². The van der Waals surface area contributed by atoms with Crippen molar-refractivity contribution in [2.45, 2.75) is 5.91 Å². The Hall–Kier alpha value is -2.54. The molecule has 3 rings (SSSR count).